The quantitative estimate of drug-likeness (QED) is 0.163. The van der Waals surface area contributed by atoms with Gasteiger partial charge in [0.15, 0.2) is 0 Å². The molecular weight excluding hydrogens is 535 g/mol. The number of carboxylic acids is 1. The van der Waals surface area contributed by atoms with Crippen LogP contribution in [0, 0.1) is 11.8 Å². The predicted molar refractivity (Wildman–Crippen MR) is 160 cm³/mol. The summed E-state index contributed by atoms with van der Waals surface area (Å²) in [5, 5.41) is 13.8. The Morgan fingerprint density at radius 1 is 1.05 bits per heavy atom. The fraction of sp³-hybridized carbons (Fsp3) is 0.387. The molecule has 202 valence electrons. The highest BCUT2D eigenvalue weighted by Crippen LogP contribution is 2.39. The number of hydrogen-bond donors (Lipinski definition) is 2. The van der Waals surface area contributed by atoms with Crippen LogP contribution in [-0.2, 0) is 24.1 Å². The summed E-state index contributed by atoms with van der Waals surface area (Å²) in [6, 6.07) is 20.6. The number of hydrogen-bond acceptors (Lipinski definition) is 4. The molecule has 1 aliphatic carbocycles. The monoisotopic (exact) mass is 570 g/mol. The molecule has 3 aromatic carbocycles. The molecule has 4 rings (SSSR count). The summed E-state index contributed by atoms with van der Waals surface area (Å²) in [4.78, 5) is 11.7. The van der Waals surface area contributed by atoms with E-state index >= 15 is 0 Å². The van der Waals surface area contributed by atoms with Crippen LogP contribution in [0.15, 0.2) is 65.6 Å². The van der Waals surface area contributed by atoms with Gasteiger partial charge in [0.05, 0.1) is 14.9 Å². The minimum Gasteiger partial charge on any atom is -0.481 e. The van der Waals surface area contributed by atoms with Crippen LogP contribution >= 0.6 is 35.1 Å². The van der Waals surface area contributed by atoms with Crippen LogP contribution in [0.25, 0.3) is 11.1 Å². The zero-order valence-corrected chi connectivity index (χ0v) is 24.4. The second-order valence-corrected chi connectivity index (χ2v) is 12.4. The van der Waals surface area contributed by atoms with E-state index in [9.17, 15) is 4.79 Å². The van der Waals surface area contributed by atoms with Crippen molar-refractivity contribution in [2.24, 2.45) is 11.8 Å². The van der Waals surface area contributed by atoms with Crippen molar-refractivity contribution in [3.63, 3.8) is 0 Å². The Bertz CT molecular complexity index is 1190. The lowest BCUT2D eigenvalue weighted by molar-refractivity contribution is -0.136. The van der Waals surface area contributed by atoms with E-state index in [4.69, 9.17) is 28.3 Å². The van der Waals surface area contributed by atoms with Gasteiger partial charge in [-0.1, -0.05) is 78.7 Å². The van der Waals surface area contributed by atoms with Crippen molar-refractivity contribution in [1.29, 1.82) is 0 Å². The Balaban J connectivity index is 1.22. The van der Waals surface area contributed by atoms with Crippen molar-refractivity contribution in [1.82, 2.24) is 9.62 Å². The Hall–Kier alpha value is -2.02. The number of aliphatic carboxylic acids is 1. The molecule has 0 radical (unpaired) electrons. The minimum atomic E-state index is -0.790. The van der Waals surface area contributed by atoms with Gasteiger partial charge in [-0.05, 0) is 110 Å². The lowest BCUT2D eigenvalue weighted by atomic mass is 10.0. The number of nitrogens with one attached hydrogen (secondary N) is 1. The molecule has 0 unspecified atom stereocenters. The van der Waals surface area contributed by atoms with Gasteiger partial charge < -0.3 is 10.4 Å². The third-order valence-electron chi connectivity index (χ3n) is 7.09. The number of fused-ring (bicyclic) bond motifs is 1. The molecule has 7 heteroatoms. The van der Waals surface area contributed by atoms with Crippen molar-refractivity contribution in [3.05, 3.63) is 87.4 Å². The Morgan fingerprint density at radius 3 is 2.29 bits per heavy atom. The summed E-state index contributed by atoms with van der Waals surface area (Å²) in [6.45, 7) is 5.22. The number of halogens is 2. The summed E-state index contributed by atoms with van der Waals surface area (Å²) in [5.74, 6) is 0.461. The smallest absolute Gasteiger partial charge is 0.303 e. The molecule has 3 aromatic rings. The van der Waals surface area contributed by atoms with Crippen molar-refractivity contribution in [2.75, 3.05) is 26.7 Å². The molecule has 0 saturated carbocycles. The summed E-state index contributed by atoms with van der Waals surface area (Å²) < 4.78 is 2.20. The first kappa shape index (κ1) is 29.0. The van der Waals surface area contributed by atoms with Crippen LogP contribution in [0.5, 0.6) is 0 Å². The van der Waals surface area contributed by atoms with E-state index in [2.05, 4.69) is 47.9 Å². The van der Waals surface area contributed by atoms with Gasteiger partial charge in [0.1, 0.15) is 0 Å². The van der Waals surface area contributed by atoms with Crippen molar-refractivity contribution >= 4 is 41.1 Å². The van der Waals surface area contributed by atoms with E-state index < -0.39 is 5.97 Å². The number of aryl methyl sites for hydroxylation is 1. The van der Waals surface area contributed by atoms with E-state index in [0.717, 1.165) is 47.1 Å². The first-order chi connectivity index (χ1) is 18.3. The highest BCUT2D eigenvalue weighted by atomic mass is 35.5. The van der Waals surface area contributed by atoms with Gasteiger partial charge in [-0.25, -0.2) is 4.31 Å². The van der Waals surface area contributed by atoms with Crippen molar-refractivity contribution < 1.29 is 9.90 Å². The summed E-state index contributed by atoms with van der Waals surface area (Å²) in [7, 11) is 2.08. The average molecular weight is 572 g/mol. The zero-order valence-electron chi connectivity index (χ0n) is 22.1. The number of carbonyl (C=O) groups is 1. The number of nitrogens with zero attached hydrogens (tertiary/aromatic N) is 1. The highest BCUT2D eigenvalue weighted by molar-refractivity contribution is 7.97. The second-order valence-electron chi connectivity index (χ2n) is 10.4. The number of carboxylic acid groups (broad SMARTS) is 1. The van der Waals surface area contributed by atoms with Crippen molar-refractivity contribution in [3.8, 4) is 11.1 Å². The maximum Gasteiger partial charge on any atom is 0.303 e. The first-order valence-corrected chi connectivity index (χ1v) is 14.8. The van der Waals surface area contributed by atoms with Crippen LogP contribution in [0.1, 0.15) is 36.5 Å². The van der Waals surface area contributed by atoms with Crippen LogP contribution in [0.3, 0.4) is 0 Å². The van der Waals surface area contributed by atoms with Gasteiger partial charge in [-0.3, -0.25) is 4.79 Å². The van der Waals surface area contributed by atoms with E-state index in [0.29, 0.717) is 22.4 Å². The maximum atomic E-state index is 10.8. The molecule has 2 N–H and O–H groups in total. The summed E-state index contributed by atoms with van der Waals surface area (Å²) >= 11 is 14.9. The van der Waals surface area contributed by atoms with E-state index in [-0.39, 0.29) is 6.42 Å². The molecule has 38 heavy (non-hydrogen) atoms. The number of benzene rings is 3. The lowest BCUT2D eigenvalue weighted by Crippen LogP contribution is -2.29. The van der Waals surface area contributed by atoms with Gasteiger partial charge in [0.2, 0.25) is 0 Å². The molecule has 0 saturated heterocycles. The fourth-order valence-corrected chi connectivity index (χ4v) is 6.76. The Morgan fingerprint density at radius 2 is 1.68 bits per heavy atom. The topological polar surface area (TPSA) is 52.6 Å². The Labute approximate surface area is 240 Å². The average Bonchev–Trinajstić information content (AvgIpc) is 3.30. The third-order valence-corrected chi connectivity index (χ3v) is 8.99. The van der Waals surface area contributed by atoms with Crippen LogP contribution < -0.4 is 5.32 Å². The van der Waals surface area contributed by atoms with Crippen LogP contribution in [0.2, 0.25) is 10.0 Å². The molecular formula is C31H36Cl2N2O2S. The lowest BCUT2D eigenvalue weighted by Gasteiger charge is -2.22. The van der Waals surface area contributed by atoms with E-state index in [1.165, 1.54) is 30.4 Å². The van der Waals surface area contributed by atoms with Crippen LogP contribution in [0.4, 0.5) is 0 Å². The molecule has 0 amide bonds. The van der Waals surface area contributed by atoms with Gasteiger partial charge >= 0.3 is 5.97 Å². The molecule has 0 heterocycles. The summed E-state index contributed by atoms with van der Waals surface area (Å²) in [5.41, 5.74) is 6.00. The molecule has 0 bridgehead atoms. The molecule has 1 aliphatic rings. The standard InChI is InChI=1S/C31H36Cl2N2O2S/c1-21(19-34-14-13-23-15-25-5-3-4-6-26(25)16-23)20-35(2)38-31-28(32)17-27(18-29(31)33)24-10-7-22(8-11-24)9-12-30(36)37/h3-8,10-11,17-18,21,23,34H,9,12-16,19-20H2,1-2H3,(H,36,37)/t21-/m1/s1. The van der Waals surface area contributed by atoms with E-state index in [1.54, 1.807) is 11.9 Å². The van der Waals surface area contributed by atoms with Gasteiger partial charge in [0, 0.05) is 13.0 Å². The highest BCUT2D eigenvalue weighted by Gasteiger charge is 2.20. The number of rotatable bonds is 13. The molecule has 0 aliphatic heterocycles. The molecule has 0 fully saturated rings. The third kappa shape index (κ3) is 8.24. The summed E-state index contributed by atoms with van der Waals surface area (Å²) in [6.07, 6.45) is 4.29. The normalized spacial score (nSPS) is 14.1. The van der Waals surface area contributed by atoms with Gasteiger partial charge in [-0.15, -0.1) is 0 Å². The largest absolute Gasteiger partial charge is 0.481 e. The predicted octanol–water partition coefficient (Wildman–Crippen LogP) is 7.65. The van der Waals surface area contributed by atoms with Gasteiger partial charge in [0.25, 0.3) is 0 Å². The SMILES string of the molecule is C[C@H](CNCCC1Cc2ccccc2C1)CN(C)Sc1c(Cl)cc(-c2ccc(CCC(=O)O)cc2)cc1Cl. The van der Waals surface area contributed by atoms with Crippen molar-refractivity contribution in [2.45, 2.75) is 43.9 Å². The maximum absolute atomic E-state index is 10.8. The minimum absolute atomic E-state index is 0.126. The van der Waals surface area contributed by atoms with Gasteiger partial charge in [-0.2, -0.15) is 0 Å². The molecule has 4 nitrogen and oxygen atoms in total. The first-order valence-electron chi connectivity index (χ1n) is 13.2. The second kappa shape index (κ2) is 13.9. The fourth-order valence-electron chi connectivity index (χ4n) is 5.13. The van der Waals surface area contributed by atoms with E-state index in [1.807, 2.05) is 36.4 Å². The molecule has 1 atom stereocenters. The van der Waals surface area contributed by atoms with Crippen LogP contribution in [-0.4, -0.2) is 42.1 Å². The zero-order chi connectivity index (χ0) is 27.1. The Kier molecular flexibility index (Phi) is 10.6. The molecule has 0 aromatic heterocycles. The molecule has 0 spiro atoms.